The van der Waals surface area contributed by atoms with Crippen LogP contribution in [0.1, 0.15) is 5.56 Å². The van der Waals surface area contributed by atoms with Gasteiger partial charge in [-0.15, -0.1) is 0 Å². The number of hydrogen-bond donors (Lipinski definition) is 0. The fourth-order valence-corrected chi connectivity index (χ4v) is 1.21. The lowest BCUT2D eigenvalue weighted by atomic mass is 10.2. The van der Waals surface area contributed by atoms with Crippen molar-refractivity contribution in [2.75, 3.05) is 7.11 Å². The van der Waals surface area contributed by atoms with Gasteiger partial charge in [-0.3, -0.25) is 0 Å². The molecule has 0 aliphatic rings. The molecule has 1 rings (SSSR count). The molecule has 0 fully saturated rings. The standard InChI is InChI=1S/C9H9ClO2/c1-12-9-3-2-7(4-5-11)6-8(9)10/h2-3,5-6H,4H2,1H3. The summed E-state index contributed by atoms with van der Waals surface area (Å²) in [7, 11) is 1.56. The van der Waals surface area contributed by atoms with Crippen LogP contribution < -0.4 is 4.74 Å². The SMILES string of the molecule is COc1ccc(CC=O)cc1Cl. The van der Waals surface area contributed by atoms with E-state index in [1.807, 2.05) is 6.07 Å². The molecule has 0 aromatic heterocycles. The molecule has 0 amide bonds. The lowest BCUT2D eigenvalue weighted by Gasteiger charge is -2.03. The highest BCUT2D eigenvalue weighted by molar-refractivity contribution is 6.32. The van der Waals surface area contributed by atoms with E-state index in [0.717, 1.165) is 11.8 Å². The first kappa shape index (κ1) is 9.07. The zero-order valence-corrected chi connectivity index (χ0v) is 7.47. The van der Waals surface area contributed by atoms with Crippen LogP contribution in [0.25, 0.3) is 0 Å². The summed E-state index contributed by atoms with van der Waals surface area (Å²) in [5.74, 6) is 0.631. The van der Waals surface area contributed by atoms with Gasteiger partial charge in [0.1, 0.15) is 12.0 Å². The minimum Gasteiger partial charge on any atom is -0.495 e. The summed E-state index contributed by atoms with van der Waals surface area (Å²) in [6, 6.07) is 5.30. The zero-order valence-electron chi connectivity index (χ0n) is 6.71. The van der Waals surface area contributed by atoms with E-state index in [4.69, 9.17) is 16.3 Å². The van der Waals surface area contributed by atoms with Gasteiger partial charge in [-0.2, -0.15) is 0 Å². The van der Waals surface area contributed by atoms with Crippen molar-refractivity contribution >= 4 is 17.9 Å². The number of carbonyl (C=O) groups is 1. The van der Waals surface area contributed by atoms with E-state index in [1.54, 1.807) is 19.2 Å². The third kappa shape index (κ3) is 1.98. The van der Waals surface area contributed by atoms with E-state index in [1.165, 1.54) is 0 Å². The molecule has 0 spiro atoms. The average Bonchev–Trinajstić information content (AvgIpc) is 2.05. The van der Waals surface area contributed by atoms with Gasteiger partial charge in [0.2, 0.25) is 0 Å². The van der Waals surface area contributed by atoms with Gasteiger partial charge in [0.05, 0.1) is 12.1 Å². The molecule has 64 valence electrons. The number of rotatable bonds is 3. The second-order valence-electron chi connectivity index (χ2n) is 2.34. The Morgan fingerprint density at radius 1 is 1.58 bits per heavy atom. The number of aldehydes is 1. The van der Waals surface area contributed by atoms with Crippen LogP contribution in [0, 0.1) is 0 Å². The lowest BCUT2D eigenvalue weighted by molar-refractivity contribution is -0.107. The van der Waals surface area contributed by atoms with Gasteiger partial charge >= 0.3 is 0 Å². The quantitative estimate of drug-likeness (QED) is 0.673. The van der Waals surface area contributed by atoms with Crippen molar-refractivity contribution in [2.45, 2.75) is 6.42 Å². The third-order valence-corrected chi connectivity index (χ3v) is 1.83. The number of halogens is 1. The highest BCUT2D eigenvalue weighted by atomic mass is 35.5. The molecule has 0 aliphatic heterocycles. The fraction of sp³-hybridized carbons (Fsp3) is 0.222. The summed E-state index contributed by atoms with van der Waals surface area (Å²) in [5.41, 5.74) is 0.899. The first-order valence-electron chi connectivity index (χ1n) is 3.54. The topological polar surface area (TPSA) is 26.3 Å². The predicted molar refractivity (Wildman–Crippen MR) is 47.8 cm³/mol. The van der Waals surface area contributed by atoms with E-state index in [-0.39, 0.29) is 0 Å². The first-order chi connectivity index (χ1) is 5.77. The Morgan fingerprint density at radius 2 is 2.33 bits per heavy atom. The number of benzene rings is 1. The first-order valence-corrected chi connectivity index (χ1v) is 3.91. The Hall–Kier alpha value is -1.02. The lowest BCUT2D eigenvalue weighted by Crippen LogP contribution is -1.88. The summed E-state index contributed by atoms with van der Waals surface area (Å²) in [6.45, 7) is 0. The van der Waals surface area contributed by atoms with Crippen LogP contribution in [0.15, 0.2) is 18.2 Å². The Morgan fingerprint density at radius 3 is 2.83 bits per heavy atom. The van der Waals surface area contributed by atoms with E-state index < -0.39 is 0 Å². The van der Waals surface area contributed by atoms with Gasteiger partial charge in [0, 0.05) is 6.42 Å². The minimum absolute atomic E-state index is 0.393. The molecule has 0 N–H and O–H groups in total. The van der Waals surface area contributed by atoms with Gasteiger partial charge in [-0.1, -0.05) is 17.7 Å². The molecule has 0 heterocycles. The van der Waals surface area contributed by atoms with Crippen LogP contribution >= 0.6 is 11.6 Å². The van der Waals surface area contributed by atoms with E-state index in [2.05, 4.69) is 0 Å². The van der Waals surface area contributed by atoms with Gasteiger partial charge in [0.15, 0.2) is 0 Å². The van der Waals surface area contributed by atoms with Crippen LogP contribution in [-0.4, -0.2) is 13.4 Å². The van der Waals surface area contributed by atoms with Crippen molar-refractivity contribution in [3.05, 3.63) is 28.8 Å². The molecular formula is C9H9ClO2. The van der Waals surface area contributed by atoms with Crippen molar-refractivity contribution in [3.8, 4) is 5.75 Å². The maximum absolute atomic E-state index is 10.2. The molecule has 1 aromatic rings. The summed E-state index contributed by atoms with van der Waals surface area (Å²) in [4.78, 5) is 10.2. The highest BCUT2D eigenvalue weighted by Crippen LogP contribution is 2.24. The second kappa shape index (κ2) is 4.12. The Bertz CT molecular complexity index is 284. The van der Waals surface area contributed by atoms with Gasteiger partial charge in [0.25, 0.3) is 0 Å². The monoisotopic (exact) mass is 184 g/mol. The largest absolute Gasteiger partial charge is 0.495 e. The van der Waals surface area contributed by atoms with Crippen molar-refractivity contribution < 1.29 is 9.53 Å². The molecule has 2 nitrogen and oxygen atoms in total. The molecule has 1 aromatic carbocycles. The van der Waals surface area contributed by atoms with E-state index in [0.29, 0.717) is 17.2 Å². The molecule has 12 heavy (non-hydrogen) atoms. The Kier molecular flexibility index (Phi) is 3.11. The number of carbonyl (C=O) groups excluding carboxylic acids is 1. The van der Waals surface area contributed by atoms with Crippen molar-refractivity contribution in [1.82, 2.24) is 0 Å². The van der Waals surface area contributed by atoms with Crippen LogP contribution in [0.5, 0.6) is 5.75 Å². The summed E-state index contributed by atoms with van der Waals surface area (Å²) >= 11 is 5.82. The maximum atomic E-state index is 10.2. The molecule has 0 bridgehead atoms. The van der Waals surface area contributed by atoms with Crippen molar-refractivity contribution in [1.29, 1.82) is 0 Å². The zero-order chi connectivity index (χ0) is 8.97. The predicted octanol–water partition coefficient (Wildman–Crippen LogP) is 2.09. The highest BCUT2D eigenvalue weighted by Gasteiger charge is 2.00. The van der Waals surface area contributed by atoms with Gasteiger partial charge < -0.3 is 9.53 Å². The normalized spacial score (nSPS) is 9.50. The third-order valence-electron chi connectivity index (χ3n) is 1.54. The fourth-order valence-electron chi connectivity index (χ4n) is 0.933. The minimum atomic E-state index is 0.393. The number of ether oxygens (including phenoxy) is 1. The molecule has 0 saturated carbocycles. The van der Waals surface area contributed by atoms with E-state index in [9.17, 15) is 4.79 Å². The smallest absolute Gasteiger partial charge is 0.137 e. The number of methoxy groups -OCH3 is 1. The molecule has 0 unspecified atom stereocenters. The second-order valence-corrected chi connectivity index (χ2v) is 2.75. The van der Waals surface area contributed by atoms with Gasteiger partial charge in [-0.25, -0.2) is 0 Å². The average molecular weight is 185 g/mol. The Balaban J connectivity index is 2.93. The molecule has 0 atom stereocenters. The van der Waals surface area contributed by atoms with Crippen LogP contribution in [0.3, 0.4) is 0 Å². The summed E-state index contributed by atoms with van der Waals surface area (Å²) in [5, 5.41) is 0.539. The van der Waals surface area contributed by atoms with Crippen LogP contribution in [-0.2, 0) is 11.2 Å². The summed E-state index contributed by atoms with van der Waals surface area (Å²) < 4.78 is 4.96. The van der Waals surface area contributed by atoms with Gasteiger partial charge in [-0.05, 0) is 17.7 Å². The molecule has 0 radical (unpaired) electrons. The summed E-state index contributed by atoms with van der Waals surface area (Å²) in [6.07, 6.45) is 1.24. The van der Waals surface area contributed by atoms with Crippen molar-refractivity contribution in [2.24, 2.45) is 0 Å². The molecule has 0 aliphatic carbocycles. The van der Waals surface area contributed by atoms with Crippen LogP contribution in [0.2, 0.25) is 5.02 Å². The Labute approximate surface area is 76.1 Å². The molecular weight excluding hydrogens is 176 g/mol. The maximum Gasteiger partial charge on any atom is 0.137 e. The van der Waals surface area contributed by atoms with Crippen molar-refractivity contribution in [3.63, 3.8) is 0 Å². The van der Waals surface area contributed by atoms with E-state index >= 15 is 0 Å². The number of hydrogen-bond acceptors (Lipinski definition) is 2. The van der Waals surface area contributed by atoms with Crippen LogP contribution in [0.4, 0.5) is 0 Å². The molecule has 0 saturated heterocycles. The molecule has 3 heteroatoms.